The fraction of sp³-hybridized carbons (Fsp3) is 0.471. The molecule has 2 aromatic rings. The van der Waals surface area contributed by atoms with Crippen molar-refractivity contribution in [3.8, 4) is 5.75 Å². The lowest BCUT2D eigenvalue weighted by Gasteiger charge is -2.35. The number of sulfone groups is 1. The second-order valence-electron chi connectivity index (χ2n) is 6.71. The van der Waals surface area contributed by atoms with Gasteiger partial charge >= 0.3 is 0 Å². The first kappa shape index (κ1) is 17.4. The van der Waals surface area contributed by atoms with Gasteiger partial charge in [-0.05, 0) is 12.1 Å². The minimum Gasteiger partial charge on any atom is -0.467 e. The number of nitrogens with zero attached hydrogens (tertiary/aromatic N) is 3. The van der Waals surface area contributed by atoms with E-state index in [1.807, 2.05) is 11.1 Å². The van der Waals surface area contributed by atoms with Crippen molar-refractivity contribution < 1.29 is 22.3 Å². The number of benzene rings is 1. The molecule has 4 rings (SSSR count). The second-order valence-corrected chi connectivity index (χ2v) is 8.94. The van der Waals surface area contributed by atoms with Crippen molar-refractivity contribution in [1.29, 1.82) is 0 Å². The number of aryl methyl sites for hydroxylation is 1. The van der Waals surface area contributed by atoms with Gasteiger partial charge in [-0.3, -0.25) is 9.58 Å². The molecule has 1 saturated heterocycles. The van der Waals surface area contributed by atoms with E-state index in [1.165, 1.54) is 12.1 Å². The van der Waals surface area contributed by atoms with Gasteiger partial charge in [0.2, 0.25) is 0 Å². The summed E-state index contributed by atoms with van der Waals surface area (Å²) < 4.78 is 50.8. The molecular weight excluding hydrogens is 361 g/mol. The van der Waals surface area contributed by atoms with Crippen LogP contribution in [0.1, 0.15) is 22.7 Å². The highest BCUT2D eigenvalue weighted by Gasteiger charge is 2.34. The van der Waals surface area contributed by atoms with E-state index in [1.54, 1.807) is 17.9 Å². The topological polar surface area (TPSA) is 73.7 Å². The first-order valence-corrected chi connectivity index (χ1v) is 10.2. The molecule has 9 heteroatoms. The molecule has 2 aliphatic heterocycles. The Morgan fingerprint density at radius 3 is 3.00 bits per heavy atom. The average Bonchev–Trinajstić information content (AvgIpc) is 3.02. The Hall–Kier alpha value is -1.97. The molecular formula is C17H20FN3O4S. The minimum atomic E-state index is -3.13. The second kappa shape index (κ2) is 6.64. The number of ether oxygens (including phenoxy) is 2. The number of rotatable bonds is 3. The molecule has 0 aliphatic carbocycles. The molecule has 140 valence electrons. The third-order valence-corrected chi connectivity index (χ3v) is 6.41. The van der Waals surface area contributed by atoms with Crippen LogP contribution in [0.4, 0.5) is 4.39 Å². The lowest BCUT2D eigenvalue weighted by atomic mass is 10.1. The smallest absolute Gasteiger partial charge is 0.189 e. The number of halogens is 1. The number of hydrogen-bond acceptors (Lipinski definition) is 6. The summed E-state index contributed by atoms with van der Waals surface area (Å²) in [6.45, 7) is 1.21. The maximum Gasteiger partial charge on any atom is 0.189 e. The van der Waals surface area contributed by atoms with Crippen molar-refractivity contribution in [2.45, 2.75) is 19.2 Å². The van der Waals surface area contributed by atoms with E-state index >= 15 is 0 Å². The van der Waals surface area contributed by atoms with Crippen LogP contribution < -0.4 is 4.74 Å². The lowest BCUT2D eigenvalue weighted by molar-refractivity contribution is -0.0178. The molecule has 0 radical (unpaired) electrons. The number of aromatic nitrogens is 2. The molecule has 1 fully saturated rings. The van der Waals surface area contributed by atoms with Gasteiger partial charge in [-0.1, -0.05) is 0 Å². The van der Waals surface area contributed by atoms with Gasteiger partial charge in [0, 0.05) is 43.0 Å². The molecule has 0 bridgehead atoms. The zero-order valence-electron chi connectivity index (χ0n) is 14.4. The van der Waals surface area contributed by atoms with Crippen molar-refractivity contribution in [3.05, 3.63) is 47.0 Å². The molecule has 1 atom stereocenters. The van der Waals surface area contributed by atoms with Crippen molar-refractivity contribution in [2.24, 2.45) is 7.05 Å². The normalized spacial score (nSPS) is 22.6. The highest BCUT2D eigenvalue weighted by Crippen LogP contribution is 2.34. The van der Waals surface area contributed by atoms with E-state index in [-0.39, 0.29) is 30.2 Å². The largest absolute Gasteiger partial charge is 0.467 e. The maximum absolute atomic E-state index is 14.0. The molecule has 26 heavy (non-hydrogen) atoms. The lowest BCUT2D eigenvalue weighted by Crippen LogP contribution is -2.42. The Labute approximate surface area is 151 Å². The summed E-state index contributed by atoms with van der Waals surface area (Å²) in [5.41, 5.74) is 2.22. The molecule has 0 spiro atoms. The van der Waals surface area contributed by atoms with Gasteiger partial charge in [0.15, 0.2) is 16.6 Å². The van der Waals surface area contributed by atoms with Crippen LogP contribution in [-0.2, 0) is 34.8 Å². The summed E-state index contributed by atoms with van der Waals surface area (Å²) in [7, 11) is -1.33. The molecule has 2 aliphatic rings. The predicted octanol–water partition coefficient (Wildman–Crippen LogP) is 1.40. The van der Waals surface area contributed by atoms with E-state index in [2.05, 4.69) is 5.10 Å². The summed E-state index contributed by atoms with van der Waals surface area (Å²) in [6.07, 6.45) is 3.51. The quantitative estimate of drug-likeness (QED) is 0.800. The summed E-state index contributed by atoms with van der Waals surface area (Å²) >= 11 is 0. The van der Waals surface area contributed by atoms with Crippen LogP contribution in [-0.4, -0.2) is 47.9 Å². The fourth-order valence-corrected chi connectivity index (χ4v) is 5.11. The zero-order chi connectivity index (χ0) is 18.3. The van der Waals surface area contributed by atoms with E-state index in [9.17, 15) is 12.8 Å². The highest BCUT2D eigenvalue weighted by atomic mass is 32.2. The Bertz CT molecular complexity index is 928. The summed E-state index contributed by atoms with van der Waals surface area (Å²) in [5, 5.41) is 4.16. The van der Waals surface area contributed by atoms with Gasteiger partial charge in [-0.25, -0.2) is 12.8 Å². The Morgan fingerprint density at radius 1 is 1.38 bits per heavy atom. The number of fused-ring (bicyclic) bond motifs is 1. The van der Waals surface area contributed by atoms with Crippen molar-refractivity contribution in [3.63, 3.8) is 0 Å². The first-order valence-electron chi connectivity index (χ1n) is 8.36. The first-order chi connectivity index (χ1) is 12.4. The Morgan fingerprint density at radius 2 is 2.23 bits per heavy atom. The van der Waals surface area contributed by atoms with E-state index < -0.39 is 9.84 Å². The molecule has 0 amide bonds. The fourth-order valence-electron chi connectivity index (χ4n) is 3.54. The molecule has 7 nitrogen and oxygen atoms in total. The van der Waals surface area contributed by atoms with E-state index in [4.69, 9.17) is 9.47 Å². The van der Waals surface area contributed by atoms with Crippen LogP contribution in [0.25, 0.3) is 0 Å². The number of hydrogen-bond donors (Lipinski definition) is 0. The molecule has 0 saturated carbocycles. The van der Waals surface area contributed by atoms with Crippen LogP contribution in [0.2, 0.25) is 0 Å². The van der Waals surface area contributed by atoms with Crippen LogP contribution >= 0.6 is 0 Å². The van der Waals surface area contributed by atoms with Crippen LogP contribution in [0.15, 0.2) is 24.5 Å². The van der Waals surface area contributed by atoms with Gasteiger partial charge in [-0.2, -0.15) is 5.10 Å². The monoisotopic (exact) mass is 381 g/mol. The van der Waals surface area contributed by atoms with Gasteiger partial charge in [0.1, 0.15) is 11.6 Å². The summed E-state index contributed by atoms with van der Waals surface area (Å²) in [5.74, 6) is 0.400. The van der Waals surface area contributed by atoms with Crippen molar-refractivity contribution in [2.75, 3.05) is 24.8 Å². The zero-order valence-corrected chi connectivity index (χ0v) is 15.2. The SMILES string of the molecule is Cn1cc(C2CS(=O)(=O)CCN2Cc2cc(F)cc3c2OCOC3)cn1. The molecule has 0 N–H and O–H groups in total. The third-order valence-electron chi connectivity index (χ3n) is 4.78. The highest BCUT2D eigenvalue weighted by molar-refractivity contribution is 7.91. The predicted molar refractivity (Wildman–Crippen MR) is 91.7 cm³/mol. The average molecular weight is 381 g/mol. The van der Waals surface area contributed by atoms with Gasteiger partial charge < -0.3 is 9.47 Å². The van der Waals surface area contributed by atoms with Crippen LogP contribution in [0, 0.1) is 5.82 Å². The van der Waals surface area contributed by atoms with E-state index in [0.29, 0.717) is 36.6 Å². The molecule has 3 heterocycles. The third kappa shape index (κ3) is 3.46. The molecule has 1 aromatic heterocycles. The van der Waals surface area contributed by atoms with Gasteiger partial charge in [0.05, 0.1) is 30.4 Å². The minimum absolute atomic E-state index is 0.0279. The van der Waals surface area contributed by atoms with Crippen molar-refractivity contribution in [1.82, 2.24) is 14.7 Å². The van der Waals surface area contributed by atoms with Gasteiger partial charge in [0.25, 0.3) is 0 Å². The van der Waals surface area contributed by atoms with Crippen LogP contribution in [0.5, 0.6) is 5.75 Å². The Balaban J connectivity index is 1.67. The standard InChI is InChI=1S/C17H20FN3O4S/c1-20-7-14(6-19-20)16-10-26(22,23)3-2-21(16)8-12-4-15(18)5-13-9-24-11-25-17(12)13/h4-7,16H,2-3,8-11H2,1H3. The maximum atomic E-state index is 14.0. The summed E-state index contributed by atoms with van der Waals surface area (Å²) in [4.78, 5) is 2.05. The van der Waals surface area contributed by atoms with Crippen molar-refractivity contribution >= 4 is 9.84 Å². The molecule has 1 aromatic carbocycles. The Kier molecular flexibility index (Phi) is 4.45. The molecule has 1 unspecified atom stereocenters. The summed E-state index contributed by atoms with van der Waals surface area (Å²) in [6, 6.07) is 2.55. The van der Waals surface area contributed by atoms with Gasteiger partial charge in [-0.15, -0.1) is 0 Å². The van der Waals surface area contributed by atoms with E-state index in [0.717, 1.165) is 5.56 Å². The van der Waals surface area contributed by atoms with Crippen LogP contribution in [0.3, 0.4) is 0 Å².